The summed E-state index contributed by atoms with van der Waals surface area (Å²) in [5.41, 5.74) is 2.54. The molecule has 1 aromatic carbocycles. The maximum atomic E-state index is 15.7. The van der Waals surface area contributed by atoms with E-state index in [1.54, 1.807) is 18.2 Å². The molecule has 1 atom stereocenters. The van der Waals surface area contributed by atoms with Crippen LogP contribution in [0.4, 0.5) is 8.78 Å². The highest BCUT2D eigenvalue weighted by Gasteiger charge is 2.65. The summed E-state index contributed by atoms with van der Waals surface area (Å²) in [6.07, 6.45) is 2.17. The molecule has 212 valence electrons. The molecule has 1 saturated carbocycles. The number of ketones is 1. The molecule has 10 heteroatoms. The van der Waals surface area contributed by atoms with Crippen LogP contribution in [0.3, 0.4) is 0 Å². The van der Waals surface area contributed by atoms with Gasteiger partial charge in [0, 0.05) is 24.4 Å². The molecule has 2 fully saturated rings. The van der Waals surface area contributed by atoms with Crippen molar-refractivity contribution in [2.45, 2.75) is 77.4 Å². The molecule has 1 heterocycles. The maximum Gasteiger partial charge on any atom is 0.352 e. The molecule has 1 aromatic rings. The summed E-state index contributed by atoms with van der Waals surface area (Å²) >= 11 is 0. The summed E-state index contributed by atoms with van der Waals surface area (Å²) in [5.74, 6) is -4.65. The van der Waals surface area contributed by atoms with Gasteiger partial charge in [-0.15, -0.1) is 0 Å². The van der Waals surface area contributed by atoms with E-state index in [1.165, 1.54) is 14.2 Å². The predicted octanol–water partition coefficient (Wildman–Crippen LogP) is 4.09. The normalized spacial score (nSPS) is 22.6. The Morgan fingerprint density at radius 2 is 1.71 bits per heavy atom. The van der Waals surface area contributed by atoms with Gasteiger partial charge in [-0.2, -0.15) is 8.78 Å². The van der Waals surface area contributed by atoms with Gasteiger partial charge in [0.1, 0.15) is 11.4 Å². The Hall–Kier alpha value is -2.88. The average molecular weight is 539 g/mol. The van der Waals surface area contributed by atoms with Crippen LogP contribution in [0.15, 0.2) is 30.0 Å². The van der Waals surface area contributed by atoms with Gasteiger partial charge in [-0.3, -0.25) is 9.59 Å². The molecule has 8 nitrogen and oxygen atoms in total. The second-order valence-electron chi connectivity index (χ2n) is 12.0. The smallest absolute Gasteiger partial charge is 0.352 e. The van der Waals surface area contributed by atoms with Crippen LogP contribution in [0, 0.1) is 10.8 Å². The van der Waals surface area contributed by atoms with Crippen molar-refractivity contribution < 1.29 is 37.7 Å². The first-order valence-corrected chi connectivity index (χ1v) is 12.8. The first kappa shape index (κ1) is 29.7. The van der Waals surface area contributed by atoms with Crippen molar-refractivity contribution in [1.82, 2.24) is 4.90 Å². The summed E-state index contributed by atoms with van der Waals surface area (Å²) in [4.78, 5) is 26.8. The quantitative estimate of drug-likeness (QED) is 0.456. The Morgan fingerprint density at radius 3 is 2.29 bits per heavy atom. The zero-order valence-electron chi connectivity index (χ0n) is 23.1. The first-order chi connectivity index (χ1) is 17.5. The van der Waals surface area contributed by atoms with E-state index in [9.17, 15) is 14.7 Å². The molecule has 1 aliphatic heterocycles. The van der Waals surface area contributed by atoms with E-state index in [-0.39, 0.29) is 31.7 Å². The lowest BCUT2D eigenvalue weighted by atomic mass is 9.58. The molecule has 0 aromatic heterocycles. The lowest BCUT2D eigenvalue weighted by Gasteiger charge is -2.51. The van der Waals surface area contributed by atoms with Crippen LogP contribution in [0.25, 0.3) is 0 Å². The summed E-state index contributed by atoms with van der Waals surface area (Å²) in [6, 6.07) is 3.94. The summed E-state index contributed by atoms with van der Waals surface area (Å²) < 4.78 is 47.4. The predicted molar refractivity (Wildman–Crippen MR) is 138 cm³/mol. The molecule has 0 radical (unpaired) electrons. The van der Waals surface area contributed by atoms with Crippen molar-refractivity contribution in [3.63, 3.8) is 0 Å². The molecule has 1 aliphatic carbocycles. The molecule has 3 rings (SSSR count). The third-order valence-corrected chi connectivity index (χ3v) is 7.31. The lowest BCUT2D eigenvalue weighted by molar-refractivity contribution is -0.231. The second-order valence-corrected chi connectivity index (χ2v) is 12.0. The number of nitrogens with two attached hydrogens (primary N) is 1. The van der Waals surface area contributed by atoms with Gasteiger partial charge in [-0.25, -0.2) is 0 Å². The number of methoxy groups -OCH3 is 2. The van der Waals surface area contributed by atoms with Crippen LogP contribution in [0.2, 0.25) is 0 Å². The first-order valence-electron chi connectivity index (χ1n) is 12.8. The Morgan fingerprint density at radius 1 is 1.11 bits per heavy atom. The Bertz CT molecular complexity index is 1070. The van der Waals surface area contributed by atoms with Gasteiger partial charge in [0.05, 0.1) is 20.3 Å². The van der Waals surface area contributed by atoms with E-state index < -0.39 is 40.1 Å². The van der Waals surface area contributed by atoms with Crippen LogP contribution < -0.4 is 19.9 Å². The zero-order valence-corrected chi connectivity index (χ0v) is 23.1. The van der Waals surface area contributed by atoms with Gasteiger partial charge in [-0.1, -0.05) is 27.7 Å². The number of nitrogens with zero attached hydrogens (tertiary/aromatic N) is 1. The number of likely N-dealkylation sites (tertiary alicyclic amines) is 1. The van der Waals surface area contributed by atoms with Crippen molar-refractivity contribution in [3.05, 3.63) is 30.0 Å². The number of benzene rings is 1. The number of halogens is 2. The van der Waals surface area contributed by atoms with Crippen LogP contribution in [0.1, 0.15) is 59.8 Å². The molecule has 2 aliphatic rings. The minimum Gasteiger partial charge on any atom is -0.493 e. The van der Waals surface area contributed by atoms with Gasteiger partial charge < -0.3 is 30.0 Å². The highest BCUT2D eigenvalue weighted by molar-refractivity contribution is 5.92. The van der Waals surface area contributed by atoms with Gasteiger partial charge in [0.2, 0.25) is 0 Å². The third kappa shape index (κ3) is 6.22. The fourth-order valence-corrected chi connectivity index (χ4v) is 6.41. The van der Waals surface area contributed by atoms with Crippen LogP contribution >= 0.6 is 0 Å². The molecule has 38 heavy (non-hydrogen) atoms. The highest BCUT2D eigenvalue weighted by Crippen LogP contribution is 2.55. The topological polar surface area (TPSA) is 111 Å². The number of rotatable bonds is 9. The summed E-state index contributed by atoms with van der Waals surface area (Å²) in [6.45, 7) is 7.02. The van der Waals surface area contributed by atoms with Crippen molar-refractivity contribution in [3.8, 4) is 17.2 Å². The largest absolute Gasteiger partial charge is 0.493 e. The van der Waals surface area contributed by atoms with E-state index in [1.807, 2.05) is 27.7 Å². The molecular weight excluding hydrogens is 498 g/mol. The van der Waals surface area contributed by atoms with E-state index in [4.69, 9.17) is 19.9 Å². The van der Waals surface area contributed by atoms with Gasteiger partial charge >= 0.3 is 5.92 Å². The number of aliphatic hydroxyl groups is 1. The standard InChI is InChI=1S/C28H40F2N2O6/c1-25(2)15-26(3,4)17-27(35,16-25)28(29,30)24(34)32-11-7-8-21(32)20(31)12-18(33)14-38-19-9-10-22(36-5)23(13-19)37-6/h9-10,12-13,21,35H,7-8,11,14-17,31H2,1-6H3/t21-/m0/s1. The molecule has 0 spiro atoms. The minimum absolute atomic E-state index is 0.00357. The number of hydrogen-bond acceptors (Lipinski definition) is 7. The van der Waals surface area contributed by atoms with Gasteiger partial charge in [-0.05, 0) is 55.1 Å². The average Bonchev–Trinajstić information content (AvgIpc) is 3.29. The third-order valence-electron chi connectivity index (χ3n) is 7.31. The second kappa shape index (κ2) is 10.7. The van der Waals surface area contributed by atoms with Crippen molar-refractivity contribution in [1.29, 1.82) is 0 Å². The van der Waals surface area contributed by atoms with Crippen molar-refractivity contribution in [2.75, 3.05) is 27.4 Å². The van der Waals surface area contributed by atoms with Gasteiger partial charge in [0.15, 0.2) is 23.9 Å². The summed E-state index contributed by atoms with van der Waals surface area (Å²) in [5, 5.41) is 11.2. The molecule has 1 amide bonds. The Balaban J connectivity index is 1.72. The molecule has 1 saturated heterocycles. The molecule has 3 N–H and O–H groups in total. The van der Waals surface area contributed by atoms with E-state index >= 15 is 8.78 Å². The molecule has 0 unspecified atom stereocenters. The number of carbonyl (C=O) groups is 2. The van der Waals surface area contributed by atoms with Crippen molar-refractivity contribution in [2.24, 2.45) is 16.6 Å². The summed E-state index contributed by atoms with van der Waals surface area (Å²) in [7, 11) is 2.97. The van der Waals surface area contributed by atoms with Crippen LogP contribution in [-0.4, -0.2) is 66.6 Å². The SMILES string of the molecule is COc1ccc(OCC(=O)C=C(N)[C@@H]2CCCN2C(=O)C(F)(F)C2(O)CC(C)(C)CC(C)(C)C2)cc1OC. The number of alkyl halides is 2. The minimum atomic E-state index is -4.01. The van der Waals surface area contributed by atoms with Crippen molar-refractivity contribution >= 4 is 11.7 Å². The number of carbonyl (C=O) groups excluding carboxylic acids is 2. The molecule has 0 bridgehead atoms. The van der Waals surface area contributed by atoms with E-state index in [2.05, 4.69) is 0 Å². The van der Waals surface area contributed by atoms with Gasteiger partial charge in [0.25, 0.3) is 5.91 Å². The lowest BCUT2D eigenvalue weighted by Crippen LogP contribution is -2.63. The van der Waals surface area contributed by atoms with Crippen LogP contribution in [-0.2, 0) is 9.59 Å². The Kier molecular flexibility index (Phi) is 8.36. The fourth-order valence-electron chi connectivity index (χ4n) is 6.41. The van der Waals surface area contributed by atoms with E-state index in [0.29, 0.717) is 36.5 Å². The maximum absolute atomic E-state index is 15.7. The molecular formula is C28H40F2N2O6. The zero-order chi connectivity index (χ0) is 28.5. The number of hydrogen-bond donors (Lipinski definition) is 2. The monoisotopic (exact) mass is 538 g/mol. The highest BCUT2D eigenvalue weighted by atomic mass is 19.3. The fraction of sp³-hybridized carbons (Fsp3) is 0.643. The Labute approximate surface area is 223 Å². The number of amides is 1. The van der Waals surface area contributed by atoms with E-state index in [0.717, 1.165) is 11.0 Å². The van der Waals surface area contributed by atoms with Crippen LogP contribution in [0.5, 0.6) is 17.2 Å². The number of ether oxygens (including phenoxy) is 3.